The lowest BCUT2D eigenvalue weighted by molar-refractivity contribution is 0.283. The van der Waals surface area contributed by atoms with Gasteiger partial charge in [-0.2, -0.15) is 0 Å². The van der Waals surface area contributed by atoms with Gasteiger partial charge in [0, 0.05) is 14.1 Å². The van der Waals surface area contributed by atoms with Crippen LogP contribution in [-0.4, -0.2) is 39.1 Å². The molecule has 1 aliphatic carbocycles. The summed E-state index contributed by atoms with van der Waals surface area (Å²) in [6.07, 6.45) is 1.42. The summed E-state index contributed by atoms with van der Waals surface area (Å²) in [5.41, 5.74) is 0. The second-order valence-electron chi connectivity index (χ2n) is 3.18. The van der Waals surface area contributed by atoms with Crippen LogP contribution in [0.2, 0.25) is 0 Å². The standard InChI is InChI=1S/C6H14N2O2S/c1-8(2)11(7,10)6(5-9)3-4-6/h7,9H,3-5H2,1-2H3. The predicted octanol–water partition coefficient (Wildman–Crippen LogP) is 0.0347. The van der Waals surface area contributed by atoms with E-state index in [2.05, 4.69) is 0 Å². The molecule has 0 bridgehead atoms. The second-order valence-corrected chi connectivity index (χ2v) is 5.83. The summed E-state index contributed by atoms with van der Waals surface area (Å²) in [4.78, 5) is 0. The first kappa shape index (κ1) is 8.96. The van der Waals surface area contributed by atoms with Gasteiger partial charge in [-0.3, -0.25) is 0 Å². The van der Waals surface area contributed by atoms with Gasteiger partial charge in [-0.15, -0.1) is 0 Å². The Labute approximate surface area is 67.3 Å². The minimum atomic E-state index is -2.73. The van der Waals surface area contributed by atoms with Crippen molar-refractivity contribution in [3.05, 3.63) is 0 Å². The van der Waals surface area contributed by atoms with E-state index in [0.717, 1.165) is 0 Å². The molecule has 0 aromatic heterocycles. The molecular weight excluding hydrogens is 164 g/mol. The smallest absolute Gasteiger partial charge is 0.115 e. The number of aliphatic hydroxyl groups is 1. The lowest BCUT2D eigenvalue weighted by Gasteiger charge is -2.21. The van der Waals surface area contributed by atoms with Crippen LogP contribution in [0.1, 0.15) is 12.8 Å². The molecule has 1 fully saturated rings. The van der Waals surface area contributed by atoms with Gasteiger partial charge in [0.25, 0.3) is 0 Å². The van der Waals surface area contributed by atoms with Gasteiger partial charge in [-0.25, -0.2) is 13.3 Å². The molecule has 66 valence electrons. The van der Waals surface area contributed by atoms with E-state index in [0.29, 0.717) is 12.8 Å². The summed E-state index contributed by atoms with van der Waals surface area (Å²) in [5.74, 6) is 0. The number of nitrogens with one attached hydrogen (secondary N) is 1. The highest BCUT2D eigenvalue weighted by Crippen LogP contribution is 2.44. The first-order valence-electron chi connectivity index (χ1n) is 3.53. The third-order valence-corrected chi connectivity index (χ3v) is 4.94. The molecule has 0 aromatic rings. The van der Waals surface area contributed by atoms with Crippen LogP contribution in [0.3, 0.4) is 0 Å². The predicted molar refractivity (Wildman–Crippen MR) is 43.6 cm³/mol. The van der Waals surface area contributed by atoms with Crippen LogP contribution >= 0.6 is 0 Å². The van der Waals surface area contributed by atoms with Crippen molar-refractivity contribution in [2.45, 2.75) is 17.6 Å². The Morgan fingerprint density at radius 1 is 1.64 bits per heavy atom. The zero-order valence-corrected chi connectivity index (χ0v) is 7.65. The van der Waals surface area contributed by atoms with E-state index in [4.69, 9.17) is 9.89 Å². The number of hydrogen-bond acceptors (Lipinski definition) is 3. The molecule has 4 nitrogen and oxygen atoms in total. The average molecular weight is 178 g/mol. The van der Waals surface area contributed by atoms with Crippen molar-refractivity contribution in [2.24, 2.45) is 0 Å². The summed E-state index contributed by atoms with van der Waals surface area (Å²) in [6, 6.07) is 0. The maximum absolute atomic E-state index is 11.6. The third-order valence-electron chi connectivity index (χ3n) is 2.20. The zero-order valence-electron chi connectivity index (χ0n) is 6.83. The van der Waals surface area contributed by atoms with Gasteiger partial charge in [0.1, 0.15) is 9.92 Å². The highest BCUT2D eigenvalue weighted by Gasteiger charge is 2.52. The molecule has 5 heteroatoms. The molecule has 0 amide bonds. The fourth-order valence-corrected chi connectivity index (χ4v) is 2.65. The first-order chi connectivity index (χ1) is 4.96. The molecule has 0 aliphatic heterocycles. The van der Waals surface area contributed by atoms with Crippen molar-refractivity contribution >= 4 is 9.92 Å². The van der Waals surface area contributed by atoms with Crippen LogP contribution in [0, 0.1) is 4.78 Å². The Balaban J connectivity index is 2.90. The molecule has 11 heavy (non-hydrogen) atoms. The number of hydrogen-bond donors (Lipinski definition) is 2. The Kier molecular flexibility index (Phi) is 1.98. The van der Waals surface area contributed by atoms with Crippen molar-refractivity contribution in [3.63, 3.8) is 0 Å². The minimum Gasteiger partial charge on any atom is -0.395 e. The maximum Gasteiger partial charge on any atom is 0.115 e. The monoisotopic (exact) mass is 178 g/mol. The zero-order chi connectivity index (χ0) is 8.70. The van der Waals surface area contributed by atoms with Gasteiger partial charge in [-0.1, -0.05) is 0 Å². The molecule has 1 rings (SSSR count). The van der Waals surface area contributed by atoms with E-state index in [1.165, 1.54) is 4.31 Å². The SMILES string of the molecule is CN(C)S(=N)(=O)C1(CO)CC1. The molecule has 1 atom stereocenters. The highest BCUT2D eigenvalue weighted by atomic mass is 32.2. The van der Waals surface area contributed by atoms with Crippen molar-refractivity contribution in [1.82, 2.24) is 4.31 Å². The molecule has 1 aliphatic rings. The quantitative estimate of drug-likeness (QED) is 0.640. The second kappa shape index (κ2) is 2.43. The summed E-state index contributed by atoms with van der Waals surface area (Å²) in [6.45, 7) is -0.131. The van der Waals surface area contributed by atoms with Gasteiger partial charge in [-0.05, 0) is 12.8 Å². The molecule has 1 unspecified atom stereocenters. The van der Waals surface area contributed by atoms with E-state index < -0.39 is 14.7 Å². The molecule has 0 saturated heterocycles. The third kappa shape index (κ3) is 1.17. The van der Waals surface area contributed by atoms with Crippen LogP contribution < -0.4 is 0 Å². The van der Waals surface area contributed by atoms with Crippen LogP contribution in [-0.2, 0) is 9.92 Å². The molecule has 0 spiro atoms. The number of aliphatic hydroxyl groups excluding tert-OH is 1. The summed E-state index contributed by atoms with van der Waals surface area (Å²) in [7, 11) is 0.500. The Bertz CT molecular complexity index is 241. The van der Waals surface area contributed by atoms with Gasteiger partial charge < -0.3 is 5.11 Å². The molecule has 1 saturated carbocycles. The normalized spacial score (nSPS) is 26.5. The molecular formula is C6H14N2O2S. The van der Waals surface area contributed by atoms with Crippen LogP contribution in [0.15, 0.2) is 0 Å². The molecule has 0 heterocycles. The largest absolute Gasteiger partial charge is 0.395 e. The van der Waals surface area contributed by atoms with Crippen molar-refractivity contribution in [1.29, 1.82) is 4.78 Å². The first-order valence-corrected chi connectivity index (χ1v) is 5.04. The fourth-order valence-electron chi connectivity index (χ4n) is 1.05. The van der Waals surface area contributed by atoms with Crippen molar-refractivity contribution in [2.75, 3.05) is 20.7 Å². The Morgan fingerprint density at radius 3 is 2.18 bits per heavy atom. The summed E-state index contributed by atoms with van der Waals surface area (Å²) < 4.78 is 20.0. The number of nitrogens with zero attached hydrogens (tertiary/aromatic N) is 1. The van der Waals surface area contributed by atoms with Crippen LogP contribution in [0.25, 0.3) is 0 Å². The summed E-state index contributed by atoms with van der Waals surface area (Å²) in [5, 5.41) is 8.92. The lowest BCUT2D eigenvalue weighted by Crippen LogP contribution is -2.36. The Hall–Kier alpha value is -0.130. The lowest BCUT2D eigenvalue weighted by atomic mass is 10.5. The van der Waals surface area contributed by atoms with E-state index in [9.17, 15) is 4.21 Å². The van der Waals surface area contributed by atoms with E-state index in [1.807, 2.05) is 0 Å². The highest BCUT2D eigenvalue weighted by molar-refractivity contribution is 7.91. The van der Waals surface area contributed by atoms with E-state index >= 15 is 0 Å². The van der Waals surface area contributed by atoms with E-state index in [1.54, 1.807) is 14.1 Å². The maximum atomic E-state index is 11.6. The van der Waals surface area contributed by atoms with Crippen LogP contribution in [0.5, 0.6) is 0 Å². The van der Waals surface area contributed by atoms with Gasteiger partial charge in [0.2, 0.25) is 0 Å². The summed E-state index contributed by atoms with van der Waals surface area (Å²) >= 11 is 0. The van der Waals surface area contributed by atoms with Crippen molar-refractivity contribution < 1.29 is 9.32 Å². The van der Waals surface area contributed by atoms with Gasteiger partial charge >= 0.3 is 0 Å². The Morgan fingerprint density at radius 2 is 2.09 bits per heavy atom. The molecule has 0 aromatic carbocycles. The molecule has 2 N–H and O–H groups in total. The molecule has 0 radical (unpaired) electrons. The van der Waals surface area contributed by atoms with Gasteiger partial charge in [0.15, 0.2) is 0 Å². The number of rotatable bonds is 3. The van der Waals surface area contributed by atoms with E-state index in [-0.39, 0.29) is 6.61 Å². The fraction of sp³-hybridized carbons (Fsp3) is 1.00. The topological polar surface area (TPSA) is 64.4 Å². The minimum absolute atomic E-state index is 0.131. The van der Waals surface area contributed by atoms with Gasteiger partial charge in [0.05, 0.1) is 11.4 Å². The van der Waals surface area contributed by atoms with Crippen molar-refractivity contribution in [3.8, 4) is 0 Å². The average Bonchev–Trinajstić information content (AvgIpc) is 2.66. The van der Waals surface area contributed by atoms with Crippen LogP contribution in [0.4, 0.5) is 0 Å².